The molecule has 0 aliphatic carbocycles. The molecule has 4 rings (SSSR count). The molecular formula is C20H18N4O2. The molecule has 26 heavy (non-hydrogen) atoms. The summed E-state index contributed by atoms with van der Waals surface area (Å²) in [7, 11) is 1.72. The van der Waals surface area contributed by atoms with Crippen LogP contribution in [0.15, 0.2) is 65.6 Å². The molecule has 6 heteroatoms. The monoisotopic (exact) mass is 346 g/mol. The summed E-state index contributed by atoms with van der Waals surface area (Å²) < 4.78 is 1.21. The smallest absolute Gasteiger partial charge is 0.291 e. The van der Waals surface area contributed by atoms with Crippen molar-refractivity contribution in [1.82, 2.24) is 19.7 Å². The summed E-state index contributed by atoms with van der Waals surface area (Å²) in [5.74, 6) is -0.168. The Balaban J connectivity index is 1.60. The molecule has 0 spiro atoms. The molecule has 1 N–H and O–H groups in total. The second kappa shape index (κ2) is 6.48. The quantitative estimate of drug-likeness (QED) is 0.617. The molecule has 0 aliphatic rings. The maximum Gasteiger partial charge on any atom is 0.291 e. The number of nitrogens with one attached hydrogen (secondary N) is 1. The average Bonchev–Trinajstić information content (AvgIpc) is 3.04. The van der Waals surface area contributed by atoms with Gasteiger partial charge in [0.2, 0.25) is 5.91 Å². The first-order valence-electron chi connectivity index (χ1n) is 8.38. The van der Waals surface area contributed by atoms with E-state index >= 15 is 0 Å². The minimum absolute atomic E-state index is 0.0898. The molecule has 130 valence electrons. The second-order valence-electron chi connectivity index (χ2n) is 6.30. The number of hydrogen-bond acceptors (Lipinski definition) is 3. The van der Waals surface area contributed by atoms with Gasteiger partial charge in [-0.1, -0.05) is 48.5 Å². The molecule has 0 atom stereocenters. The topological polar surface area (TPSA) is 71.0 Å². The standard InChI is InChI=1S/C20H18N4O2/c1-23(12-14-7-3-2-4-8-14)18(25)13-24-20(26)19-16(11-21-24)15-9-5-6-10-17(15)22-19/h2-11,22H,12-13H2,1H3. The fraction of sp³-hybridized carbons (Fsp3) is 0.150. The van der Waals surface area contributed by atoms with Gasteiger partial charge >= 0.3 is 0 Å². The van der Waals surface area contributed by atoms with E-state index in [-0.39, 0.29) is 18.0 Å². The van der Waals surface area contributed by atoms with Crippen LogP contribution in [0.2, 0.25) is 0 Å². The lowest BCUT2D eigenvalue weighted by molar-refractivity contribution is -0.131. The molecule has 0 radical (unpaired) electrons. The molecule has 0 saturated carbocycles. The van der Waals surface area contributed by atoms with Gasteiger partial charge in [0.25, 0.3) is 5.56 Å². The minimum Gasteiger partial charge on any atom is -0.350 e. The Labute approximate surface area is 149 Å². The summed E-state index contributed by atoms with van der Waals surface area (Å²) in [6.45, 7) is 0.399. The van der Waals surface area contributed by atoms with E-state index in [4.69, 9.17) is 0 Å². The third kappa shape index (κ3) is 2.86. The summed E-state index contributed by atoms with van der Waals surface area (Å²) in [5.41, 5.74) is 2.10. The Morgan fingerprint density at radius 2 is 1.81 bits per heavy atom. The number of rotatable bonds is 4. The van der Waals surface area contributed by atoms with Crippen LogP contribution < -0.4 is 5.56 Å². The van der Waals surface area contributed by atoms with E-state index < -0.39 is 0 Å². The van der Waals surface area contributed by atoms with Crippen LogP contribution in [-0.2, 0) is 17.9 Å². The molecule has 2 heterocycles. The lowest BCUT2D eigenvalue weighted by atomic mass is 10.2. The van der Waals surface area contributed by atoms with Crippen molar-refractivity contribution in [2.45, 2.75) is 13.1 Å². The van der Waals surface area contributed by atoms with E-state index in [1.165, 1.54) is 4.68 Å². The first-order chi connectivity index (χ1) is 12.6. The van der Waals surface area contributed by atoms with Gasteiger partial charge in [-0.15, -0.1) is 0 Å². The van der Waals surface area contributed by atoms with Crippen molar-refractivity contribution in [3.63, 3.8) is 0 Å². The average molecular weight is 346 g/mol. The number of aromatic nitrogens is 3. The molecule has 6 nitrogen and oxygen atoms in total. The molecule has 4 aromatic rings. The van der Waals surface area contributed by atoms with E-state index in [1.807, 2.05) is 54.6 Å². The Kier molecular flexibility index (Phi) is 4.01. The second-order valence-corrected chi connectivity index (χ2v) is 6.30. The zero-order valence-corrected chi connectivity index (χ0v) is 14.3. The van der Waals surface area contributed by atoms with E-state index in [9.17, 15) is 9.59 Å². The van der Waals surface area contributed by atoms with Gasteiger partial charge in [-0.3, -0.25) is 9.59 Å². The van der Waals surface area contributed by atoms with Gasteiger partial charge in [0.1, 0.15) is 12.1 Å². The molecule has 0 fully saturated rings. The Morgan fingerprint density at radius 1 is 1.08 bits per heavy atom. The number of para-hydroxylation sites is 1. The summed E-state index contributed by atoms with van der Waals surface area (Å²) in [6, 6.07) is 17.4. The number of fused-ring (bicyclic) bond motifs is 3. The van der Waals surface area contributed by atoms with Crippen LogP contribution in [0.3, 0.4) is 0 Å². The largest absolute Gasteiger partial charge is 0.350 e. The van der Waals surface area contributed by atoms with Gasteiger partial charge in [0.15, 0.2) is 0 Å². The highest BCUT2D eigenvalue weighted by atomic mass is 16.2. The molecule has 2 aromatic heterocycles. The van der Waals surface area contributed by atoms with Crippen LogP contribution >= 0.6 is 0 Å². The normalized spacial score (nSPS) is 11.1. The minimum atomic E-state index is -0.292. The zero-order valence-electron chi connectivity index (χ0n) is 14.3. The van der Waals surface area contributed by atoms with Crippen LogP contribution in [0.25, 0.3) is 21.8 Å². The van der Waals surface area contributed by atoms with Crippen LogP contribution in [0.1, 0.15) is 5.56 Å². The molecule has 0 unspecified atom stereocenters. The molecule has 0 aliphatic heterocycles. The summed E-state index contributed by atoms with van der Waals surface area (Å²) in [5, 5.41) is 5.92. The number of hydrogen-bond donors (Lipinski definition) is 1. The number of amides is 1. The maximum absolute atomic E-state index is 12.7. The van der Waals surface area contributed by atoms with Crippen molar-refractivity contribution in [2.75, 3.05) is 7.05 Å². The Hall–Kier alpha value is -3.41. The van der Waals surface area contributed by atoms with Crippen LogP contribution in [-0.4, -0.2) is 32.6 Å². The van der Waals surface area contributed by atoms with Crippen LogP contribution in [0, 0.1) is 0 Å². The fourth-order valence-electron chi connectivity index (χ4n) is 3.08. The fourth-order valence-corrected chi connectivity index (χ4v) is 3.08. The highest BCUT2D eigenvalue weighted by molar-refractivity contribution is 6.06. The lowest BCUT2D eigenvalue weighted by Crippen LogP contribution is -2.34. The Morgan fingerprint density at radius 3 is 2.62 bits per heavy atom. The van der Waals surface area contributed by atoms with E-state index in [0.717, 1.165) is 21.9 Å². The van der Waals surface area contributed by atoms with Gasteiger partial charge in [-0.05, 0) is 11.6 Å². The molecule has 0 bridgehead atoms. The predicted octanol–water partition coefficient (Wildman–Crippen LogP) is 2.54. The van der Waals surface area contributed by atoms with E-state index in [1.54, 1.807) is 18.1 Å². The van der Waals surface area contributed by atoms with Crippen molar-refractivity contribution in [2.24, 2.45) is 0 Å². The van der Waals surface area contributed by atoms with Gasteiger partial charge in [0, 0.05) is 29.9 Å². The van der Waals surface area contributed by atoms with Crippen LogP contribution in [0.4, 0.5) is 0 Å². The Bertz CT molecular complexity index is 1140. The third-order valence-corrected chi connectivity index (χ3v) is 4.49. The summed E-state index contributed by atoms with van der Waals surface area (Å²) in [4.78, 5) is 29.9. The highest BCUT2D eigenvalue weighted by Gasteiger charge is 2.15. The van der Waals surface area contributed by atoms with Crippen molar-refractivity contribution in [3.8, 4) is 0 Å². The van der Waals surface area contributed by atoms with Gasteiger partial charge in [-0.2, -0.15) is 5.10 Å². The number of carbonyl (C=O) groups is 1. The SMILES string of the molecule is CN(Cc1ccccc1)C(=O)Cn1ncc2c([nH]c3ccccc32)c1=O. The number of likely N-dealkylation sites (N-methyl/N-ethyl adjacent to an activating group) is 1. The summed E-state index contributed by atoms with van der Waals surface area (Å²) >= 11 is 0. The van der Waals surface area contributed by atoms with E-state index in [0.29, 0.717) is 12.1 Å². The van der Waals surface area contributed by atoms with Gasteiger partial charge < -0.3 is 9.88 Å². The van der Waals surface area contributed by atoms with Gasteiger partial charge in [0.05, 0.1) is 6.20 Å². The highest BCUT2D eigenvalue weighted by Crippen LogP contribution is 2.21. The maximum atomic E-state index is 12.7. The summed E-state index contributed by atoms with van der Waals surface area (Å²) in [6.07, 6.45) is 1.64. The van der Waals surface area contributed by atoms with Gasteiger partial charge in [-0.25, -0.2) is 4.68 Å². The zero-order chi connectivity index (χ0) is 18.1. The molecular weight excluding hydrogens is 328 g/mol. The number of H-pyrrole nitrogens is 1. The van der Waals surface area contributed by atoms with Crippen molar-refractivity contribution < 1.29 is 4.79 Å². The van der Waals surface area contributed by atoms with Crippen molar-refractivity contribution in [1.29, 1.82) is 0 Å². The van der Waals surface area contributed by atoms with Crippen molar-refractivity contribution in [3.05, 3.63) is 76.7 Å². The number of carbonyl (C=O) groups excluding carboxylic acids is 1. The predicted molar refractivity (Wildman–Crippen MR) is 101 cm³/mol. The third-order valence-electron chi connectivity index (χ3n) is 4.49. The molecule has 2 aromatic carbocycles. The van der Waals surface area contributed by atoms with Crippen molar-refractivity contribution >= 4 is 27.7 Å². The molecule has 0 saturated heterocycles. The number of aromatic amines is 1. The number of nitrogens with zero attached hydrogens (tertiary/aromatic N) is 3. The molecule has 1 amide bonds. The number of benzene rings is 2. The first-order valence-corrected chi connectivity index (χ1v) is 8.38. The lowest BCUT2D eigenvalue weighted by Gasteiger charge is -2.17. The van der Waals surface area contributed by atoms with E-state index in [2.05, 4.69) is 10.1 Å². The first kappa shape index (κ1) is 16.1. The van der Waals surface area contributed by atoms with Crippen LogP contribution in [0.5, 0.6) is 0 Å².